The molecule has 0 bridgehead atoms. The van der Waals surface area contributed by atoms with Crippen molar-refractivity contribution in [3.8, 4) is 0 Å². The summed E-state index contributed by atoms with van der Waals surface area (Å²) in [5.74, 6) is -4.69. The number of nitrogens with zero attached hydrogens (tertiary/aromatic N) is 1. The Hall–Kier alpha value is -2.09. The van der Waals surface area contributed by atoms with Gasteiger partial charge in [0.05, 0.1) is 11.9 Å². The minimum Gasteiger partial charge on any atom is -0.477 e. The highest BCUT2D eigenvalue weighted by atomic mass is 32.1. The first kappa shape index (κ1) is 12.4. The van der Waals surface area contributed by atoms with E-state index in [1.807, 2.05) is 0 Å². The van der Waals surface area contributed by atoms with Crippen LogP contribution in [-0.2, 0) is 0 Å². The zero-order chi connectivity index (χ0) is 13.3. The van der Waals surface area contributed by atoms with Crippen molar-refractivity contribution in [2.45, 2.75) is 0 Å². The summed E-state index contributed by atoms with van der Waals surface area (Å²) < 4.78 is 38.9. The SMILES string of the molecule is O=C(O)c1cnc(Nc2cc(F)c(F)cc2F)s1. The van der Waals surface area contributed by atoms with Crippen molar-refractivity contribution in [2.75, 3.05) is 5.32 Å². The molecule has 1 aromatic carbocycles. The molecule has 0 saturated heterocycles. The highest BCUT2D eigenvalue weighted by Gasteiger charge is 2.13. The van der Waals surface area contributed by atoms with E-state index < -0.39 is 23.4 Å². The zero-order valence-corrected chi connectivity index (χ0v) is 9.39. The minimum atomic E-state index is -1.30. The Balaban J connectivity index is 2.28. The number of halogens is 3. The average molecular weight is 274 g/mol. The first-order valence-electron chi connectivity index (χ1n) is 4.58. The van der Waals surface area contributed by atoms with Gasteiger partial charge in [-0.2, -0.15) is 0 Å². The van der Waals surface area contributed by atoms with E-state index in [9.17, 15) is 18.0 Å². The van der Waals surface area contributed by atoms with Gasteiger partial charge in [-0.3, -0.25) is 0 Å². The summed E-state index contributed by atoms with van der Waals surface area (Å²) in [6.07, 6.45) is 1.08. The van der Waals surface area contributed by atoms with E-state index >= 15 is 0 Å². The van der Waals surface area contributed by atoms with Gasteiger partial charge < -0.3 is 10.4 Å². The maximum atomic E-state index is 13.3. The summed E-state index contributed by atoms with van der Waals surface area (Å²) in [5.41, 5.74) is -0.319. The fraction of sp³-hybridized carbons (Fsp3) is 0. The number of hydrogen-bond donors (Lipinski definition) is 2. The minimum absolute atomic E-state index is 0.0551. The fourth-order valence-corrected chi connectivity index (χ4v) is 1.83. The van der Waals surface area contributed by atoms with Crippen LogP contribution in [-0.4, -0.2) is 16.1 Å². The molecule has 2 rings (SSSR count). The van der Waals surface area contributed by atoms with Gasteiger partial charge in [0.25, 0.3) is 0 Å². The Labute approximate surface area is 103 Å². The molecule has 4 nitrogen and oxygen atoms in total. The molecule has 1 aromatic heterocycles. The van der Waals surface area contributed by atoms with Gasteiger partial charge in [-0.1, -0.05) is 11.3 Å². The molecule has 0 spiro atoms. The van der Waals surface area contributed by atoms with Crippen LogP contribution in [0.4, 0.5) is 24.0 Å². The summed E-state index contributed by atoms with van der Waals surface area (Å²) in [6, 6.07) is 1.02. The maximum absolute atomic E-state index is 13.3. The second kappa shape index (κ2) is 4.65. The van der Waals surface area contributed by atoms with E-state index in [2.05, 4.69) is 10.3 Å². The number of thiazole rings is 1. The lowest BCUT2D eigenvalue weighted by Crippen LogP contribution is -1.96. The van der Waals surface area contributed by atoms with Gasteiger partial charge in [0, 0.05) is 12.1 Å². The van der Waals surface area contributed by atoms with E-state index in [4.69, 9.17) is 5.11 Å². The van der Waals surface area contributed by atoms with Crippen LogP contribution in [0.3, 0.4) is 0 Å². The summed E-state index contributed by atoms with van der Waals surface area (Å²) >= 11 is 0.750. The van der Waals surface area contributed by atoms with E-state index in [1.165, 1.54) is 0 Å². The van der Waals surface area contributed by atoms with Crippen molar-refractivity contribution >= 4 is 28.1 Å². The molecule has 0 aliphatic heterocycles. The molecule has 0 radical (unpaired) electrons. The summed E-state index contributed by atoms with van der Waals surface area (Å²) in [5, 5.41) is 11.1. The molecule has 0 amide bonds. The van der Waals surface area contributed by atoms with Crippen molar-refractivity contribution in [1.82, 2.24) is 4.98 Å². The lowest BCUT2D eigenvalue weighted by atomic mass is 10.3. The van der Waals surface area contributed by atoms with Gasteiger partial charge in [0.15, 0.2) is 16.8 Å². The molecular formula is C10H5F3N2O2S. The largest absolute Gasteiger partial charge is 0.477 e. The van der Waals surface area contributed by atoms with Crippen LogP contribution in [0.25, 0.3) is 0 Å². The van der Waals surface area contributed by atoms with Crippen molar-refractivity contribution in [2.24, 2.45) is 0 Å². The van der Waals surface area contributed by atoms with Gasteiger partial charge in [0.2, 0.25) is 0 Å². The number of carboxylic acids is 1. The molecule has 94 valence electrons. The molecule has 18 heavy (non-hydrogen) atoms. The lowest BCUT2D eigenvalue weighted by molar-refractivity contribution is 0.0702. The van der Waals surface area contributed by atoms with Gasteiger partial charge >= 0.3 is 5.97 Å². The van der Waals surface area contributed by atoms with Crippen LogP contribution in [0.5, 0.6) is 0 Å². The highest BCUT2D eigenvalue weighted by Crippen LogP contribution is 2.25. The number of rotatable bonds is 3. The third-order valence-electron chi connectivity index (χ3n) is 1.97. The molecular weight excluding hydrogens is 269 g/mol. The van der Waals surface area contributed by atoms with Gasteiger partial charge in [-0.25, -0.2) is 22.9 Å². The molecule has 0 aliphatic carbocycles. The van der Waals surface area contributed by atoms with Gasteiger partial charge in [0.1, 0.15) is 10.7 Å². The van der Waals surface area contributed by atoms with E-state index in [0.717, 1.165) is 17.5 Å². The fourth-order valence-electron chi connectivity index (χ4n) is 1.16. The maximum Gasteiger partial charge on any atom is 0.347 e. The van der Waals surface area contributed by atoms with Crippen LogP contribution in [0.15, 0.2) is 18.3 Å². The third kappa shape index (κ3) is 2.43. The van der Waals surface area contributed by atoms with Crippen LogP contribution in [0.2, 0.25) is 0 Å². The summed E-state index contributed by atoms with van der Waals surface area (Å²) in [6.45, 7) is 0. The standard InChI is InChI=1S/C10H5F3N2O2S/c11-4-1-6(13)7(2-5(4)12)15-10-14-3-8(18-10)9(16)17/h1-3H,(H,14,15)(H,16,17). The zero-order valence-electron chi connectivity index (χ0n) is 8.58. The third-order valence-corrected chi connectivity index (χ3v) is 2.87. The number of benzene rings is 1. The molecule has 0 fully saturated rings. The summed E-state index contributed by atoms with van der Waals surface area (Å²) in [4.78, 5) is 14.2. The molecule has 1 heterocycles. The molecule has 0 atom stereocenters. The Kier molecular flexibility index (Phi) is 3.19. The predicted octanol–water partition coefficient (Wildman–Crippen LogP) is 3.00. The molecule has 8 heteroatoms. The van der Waals surface area contributed by atoms with Crippen LogP contribution in [0, 0.1) is 17.5 Å². The van der Waals surface area contributed by atoms with Crippen molar-refractivity contribution in [3.05, 3.63) is 40.7 Å². The Morgan fingerprint density at radius 2 is 1.89 bits per heavy atom. The number of anilines is 2. The van der Waals surface area contributed by atoms with Crippen molar-refractivity contribution < 1.29 is 23.1 Å². The van der Waals surface area contributed by atoms with Crippen molar-refractivity contribution in [1.29, 1.82) is 0 Å². The van der Waals surface area contributed by atoms with Crippen LogP contribution >= 0.6 is 11.3 Å². The lowest BCUT2D eigenvalue weighted by Gasteiger charge is -2.04. The first-order valence-corrected chi connectivity index (χ1v) is 5.39. The molecule has 0 saturated carbocycles. The van der Waals surface area contributed by atoms with Gasteiger partial charge in [-0.15, -0.1) is 0 Å². The van der Waals surface area contributed by atoms with Crippen molar-refractivity contribution in [3.63, 3.8) is 0 Å². The second-order valence-corrected chi connectivity index (χ2v) is 4.24. The van der Waals surface area contributed by atoms with Gasteiger partial charge in [-0.05, 0) is 0 Å². The number of aromatic carboxylic acids is 1. The predicted molar refractivity (Wildman–Crippen MR) is 58.7 cm³/mol. The van der Waals surface area contributed by atoms with E-state index in [0.29, 0.717) is 12.1 Å². The molecule has 2 N–H and O–H groups in total. The monoisotopic (exact) mass is 274 g/mol. The number of aromatic nitrogens is 1. The Bertz CT molecular complexity index is 615. The Morgan fingerprint density at radius 1 is 1.22 bits per heavy atom. The second-order valence-electron chi connectivity index (χ2n) is 3.21. The smallest absolute Gasteiger partial charge is 0.347 e. The van der Waals surface area contributed by atoms with E-state index in [-0.39, 0.29) is 15.7 Å². The van der Waals surface area contributed by atoms with Crippen LogP contribution in [0.1, 0.15) is 9.67 Å². The quantitative estimate of drug-likeness (QED) is 0.844. The topological polar surface area (TPSA) is 62.2 Å². The Morgan fingerprint density at radius 3 is 2.50 bits per heavy atom. The summed E-state index contributed by atoms with van der Waals surface area (Å²) in [7, 11) is 0. The molecule has 2 aromatic rings. The highest BCUT2D eigenvalue weighted by molar-refractivity contribution is 7.17. The van der Waals surface area contributed by atoms with E-state index in [1.54, 1.807) is 0 Å². The normalized spacial score (nSPS) is 10.4. The molecule has 0 aliphatic rings. The molecule has 0 unspecified atom stereocenters. The number of carbonyl (C=O) groups is 1. The number of nitrogens with one attached hydrogen (secondary N) is 1. The number of carboxylic acid groups (broad SMARTS) is 1. The first-order chi connectivity index (χ1) is 8.47. The number of hydrogen-bond acceptors (Lipinski definition) is 4. The van der Waals surface area contributed by atoms with Crippen LogP contribution < -0.4 is 5.32 Å². The average Bonchev–Trinajstić information content (AvgIpc) is 2.74.